The summed E-state index contributed by atoms with van der Waals surface area (Å²) in [5.74, 6) is -1.65. The van der Waals surface area contributed by atoms with Gasteiger partial charge in [0, 0.05) is 5.56 Å². The highest BCUT2D eigenvalue weighted by molar-refractivity contribution is 14.1. The van der Waals surface area contributed by atoms with Crippen molar-refractivity contribution < 1.29 is 27.8 Å². The Hall–Kier alpha value is -1.25. The first-order chi connectivity index (χ1) is 8.25. The van der Waals surface area contributed by atoms with Gasteiger partial charge in [0.2, 0.25) is 0 Å². The number of hydrogen-bond acceptors (Lipinski definition) is 2. The minimum atomic E-state index is -4.83. The van der Waals surface area contributed by atoms with Crippen molar-refractivity contribution in [2.45, 2.75) is 9.78 Å². The van der Waals surface area contributed by atoms with Crippen LogP contribution in [0.25, 0.3) is 6.08 Å². The van der Waals surface area contributed by atoms with Crippen LogP contribution in [0.1, 0.15) is 5.56 Å². The molecule has 1 N–H and O–H groups in total. The minimum absolute atomic E-state index is 0.00854. The third-order valence-corrected chi connectivity index (χ3v) is 3.82. The first kappa shape index (κ1) is 13.2. The van der Waals surface area contributed by atoms with Crippen LogP contribution in [0.5, 0.6) is 5.75 Å². The number of carbonyl (C=O) groups is 1. The van der Waals surface area contributed by atoms with Crippen molar-refractivity contribution in [3.63, 3.8) is 0 Å². The van der Waals surface area contributed by atoms with Crippen LogP contribution in [-0.2, 0) is 4.79 Å². The van der Waals surface area contributed by atoms with E-state index < -0.39 is 21.3 Å². The lowest BCUT2D eigenvalue weighted by Gasteiger charge is -2.34. The van der Waals surface area contributed by atoms with E-state index in [0.29, 0.717) is 5.56 Å². The molecule has 96 valence electrons. The average molecular weight is 370 g/mol. The second kappa shape index (κ2) is 4.15. The molecule has 0 radical (unpaired) electrons. The van der Waals surface area contributed by atoms with Crippen molar-refractivity contribution in [2.24, 2.45) is 0 Å². The summed E-state index contributed by atoms with van der Waals surface area (Å²) in [6.45, 7) is 0. The maximum atomic E-state index is 13.0. The van der Waals surface area contributed by atoms with E-state index in [1.54, 1.807) is 6.07 Å². The van der Waals surface area contributed by atoms with Gasteiger partial charge in [-0.25, -0.2) is 4.79 Å². The Morgan fingerprint density at radius 2 is 1.94 bits per heavy atom. The molecule has 1 aromatic carbocycles. The third kappa shape index (κ3) is 1.96. The number of para-hydroxylation sites is 1. The molecule has 18 heavy (non-hydrogen) atoms. The van der Waals surface area contributed by atoms with Crippen molar-refractivity contribution in [2.75, 3.05) is 0 Å². The fourth-order valence-corrected chi connectivity index (χ4v) is 2.18. The van der Waals surface area contributed by atoms with E-state index in [9.17, 15) is 18.0 Å². The lowest BCUT2D eigenvalue weighted by molar-refractivity contribution is -0.194. The van der Waals surface area contributed by atoms with Gasteiger partial charge < -0.3 is 9.84 Å². The number of aliphatic carboxylic acids is 1. The number of ether oxygens (including phenoxy) is 1. The lowest BCUT2D eigenvalue weighted by atomic mass is 10.0. The Bertz CT molecular complexity index is 539. The maximum absolute atomic E-state index is 13.0. The zero-order valence-corrected chi connectivity index (χ0v) is 10.8. The standard InChI is InChI=1S/C11H6F3IO3/c12-11(13,14)10(15)7(9(16)17)5-6-3-1-2-4-8(6)18-10/h1-5H,(H,16,17). The maximum Gasteiger partial charge on any atom is 0.442 e. The molecule has 0 amide bonds. The third-order valence-electron chi connectivity index (χ3n) is 2.41. The molecular weight excluding hydrogens is 364 g/mol. The lowest BCUT2D eigenvalue weighted by Crippen LogP contribution is -2.49. The molecule has 1 unspecified atom stereocenters. The number of halogens is 4. The van der Waals surface area contributed by atoms with Crippen LogP contribution in [-0.4, -0.2) is 20.9 Å². The predicted octanol–water partition coefficient (Wildman–Crippen LogP) is 3.24. The monoisotopic (exact) mass is 370 g/mol. The summed E-state index contributed by atoms with van der Waals surface area (Å²) >= 11 is 0.975. The Balaban J connectivity index is 2.63. The molecule has 1 atom stereocenters. The van der Waals surface area contributed by atoms with E-state index in [2.05, 4.69) is 0 Å². The summed E-state index contributed by atoms with van der Waals surface area (Å²) < 4.78 is 41.0. The van der Waals surface area contributed by atoms with E-state index in [1.165, 1.54) is 18.2 Å². The van der Waals surface area contributed by atoms with Crippen LogP contribution in [0.2, 0.25) is 0 Å². The summed E-state index contributed by atoms with van der Waals surface area (Å²) in [6.07, 6.45) is -3.84. The largest absolute Gasteiger partial charge is 0.478 e. The van der Waals surface area contributed by atoms with Crippen molar-refractivity contribution in [3.05, 3.63) is 35.4 Å². The summed E-state index contributed by atoms with van der Waals surface area (Å²) in [5.41, 5.74) is -0.527. The van der Waals surface area contributed by atoms with Gasteiger partial charge in [0.15, 0.2) is 0 Å². The molecular formula is C11H6F3IO3. The van der Waals surface area contributed by atoms with Gasteiger partial charge in [0.25, 0.3) is 3.61 Å². The van der Waals surface area contributed by atoms with E-state index in [-0.39, 0.29) is 5.75 Å². The van der Waals surface area contributed by atoms with Crippen LogP contribution in [0, 0.1) is 0 Å². The van der Waals surface area contributed by atoms with Crippen molar-refractivity contribution in [3.8, 4) is 5.75 Å². The summed E-state index contributed by atoms with van der Waals surface area (Å²) in [6, 6.07) is 5.96. The molecule has 0 saturated heterocycles. The van der Waals surface area contributed by atoms with Gasteiger partial charge in [-0.15, -0.1) is 0 Å². The van der Waals surface area contributed by atoms with Crippen molar-refractivity contribution >= 4 is 34.6 Å². The van der Waals surface area contributed by atoms with E-state index in [1.807, 2.05) is 0 Å². The molecule has 0 saturated carbocycles. The molecule has 1 aliphatic heterocycles. The predicted molar refractivity (Wildman–Crippen MR) is 65.5 cm³/mol. The molecule has 7 heteroatoms. The number of carboxylic acids is 1. The molecule has 0 bridgehead atoms. The minimum Gasteiger partial charge on any atom is -0.478 e. The number of fused-ring (bicyclic) bond motifs is 1. The zero-order valence-electron chi connectivity index (χ0n) is 8.66. The van der Waals surface area contributed by atoms with Crippen molar-refractivity contribution in [1.82, 2.24) is 0 Å². The van der Waals surface area contributed by atoms with Crippen LogP contribution in [0.15, 0.2) is 29.8 Å². The van der Waals surface area contributed by atoms with Crippen LogP contribution < -0.4 is 4.74 Å². The Labute approximate surface area is 113 Å². The summed E-state index contributed by atoms with van der Waals surface area (Å²) in [5, 5.41) is 8.91. The Morgan fingerprint density at radius 3 is 2.50 bits per heavy atom. The topological polar surface area (TPSA) is 46.5 Å². The molecule has 3 nitrogen and oxygen atoms in total. The Morgan fingerprint density at radius 1 is 1.33 bits per heavy atom. The second-order valence-electron chi connectivity index (χ2n) is 3.60. The molecule has 0 fully saturated rings. The van der Waals surface area contributed by atoms with Gasteiger partial charge in [-0.1, -0.05) is 18.2 Å². The molecule has 0 spiro atoms. The first-order valence-corrected chi connectivity index (χ1v) is 5.83. The van der Waals surface area contributed by atoms with Gasteiger partial charge in [0.05, 0.1) is 0 Å². The van der Waals surface area contributed by atoms with Crippen LogP contribution in [0.4, 0.5) is 13.2 Å². The van der Waals surface area contributed by atoms with Crippen molar-refractivity contribution in [1.29, 1.82) is 0 Å². The number of alkyl halides is 4. The molecule has 1 aromatic rings. The number of carboxylic acid groups (broad SMARTS) is 1. The molecule has 0 aromatic heterocycles. The molecule has 1 aliphatic rings. The van der Waals surface area contributed by atoms with Gasteiger partial charge in [-0.05, 0) is 34.7 Å². The molecule has 0 aliphatic carbocycles. The van der Waals surface area contributed by atoms with Gasteiger partial charge in [0.1, 0.15) is 11.3 Å². The number of rotatable bonds is 1. The molecule has 1 heterocycles. The zero-order chi connectivity index (χ0) is 13.6. The van der Waals surface area contributed by atoms with Crippen LogP contribution >= 0.6 is 22.6 Å². The summed E-state index contributed by atoms with van der Waals surface area (Å²) in [4.78, 5) is 11.0. The van der Waals surface area contributed by atoms with Crippen LogP contribution in [0.3, 0.4) is 0 Å². The number of hydrogen-bond donors (Lipinski definition) is 1. The van der Waals surface area contributed by atoms with Gasteiger partial charge in [-0.2, -0.15) is 13.2 Å². The SMILES string of the molecule is O=C(O)C1=Cc2ccccc2OC1(I)C(F)(F)F. The summed E-state index contributed by atoms with van der Waals surface area (Å²) in [7, 11) is 0. The highest BCUT2D eigenvalue weighted by Gasteiger charge is 2.61. The highest BCUT2D eigenvalue weighted by Crippen LogP contribution is 2.49. The quantitative estimate of drug-likeness (QED) is 0.610. The Kier molecular flexibility index (Phi) is 3.04. The van der Waals surface area contributed by atoms with E-state index in [4.69, 9.17) is 9.84 Å². The van der Waals surface area contributed by atoms with E-state index >= 15 is 0 Å². The van der Waals surface area contributed by atoms with Gasteiger partial charge >= 0.3 is 12.1 Å². The fraction of sp³-hybridized carbons (Fsp3) is 0.182. The average Bonchev–Trinajstić information content (AvgIpc) is 2.26. The number of benzene rings is 1. The smallest absolute Gasteiger partial charge is 0.442 e. The first-order valence-electron chi connectivity index (χ1n) is 4.75. The fourth-order valence-electron chi connectivity index (χ4n) is 1.56. The molecule has 2 rings (SSSR count). The normalized spacial score (nSPS) is 22.8. The highest BCUT2D eigenvalue weighted by atomic mass is 127. The second-order valence-corrected chi connectivity index (χ2v) is 5.12. The van der Waals surface area contributed by atoms with Gasteiger partial charge in [-0.3, -0.25) is 0 Å². The van der Waals surface area contributed by atoms with E-state index in [0.717, 1.165) is 28.7 Å².